The summed E-state index contributed by atoms with van der Waals surface area (Å²) in [5.74, 6) is 0. The molecule has 100 valence electrons. The molecule has 0 atom stereocenters. The van der Waals surface area contributed by atoms with Crippen molar-refractivity contribution in [3.05, 3.63) is 52.8 Å². The summed E-state index contributed by atoms with van der Waals surface area (Å²) in [6.45, 7) is 0. The average Bonchev–Trinajstić information content (AvgIpc) is 3.21. The van der Waals surface area contributed by atoms with Gasteiger partial charge in [0.15, 0.2) is 10.8 Å². The topological polar surface area (TPSA) is 43.6 Å². The smallest absolute Gasteiger partial charge is 0.180 e. The van der Waals surface area contributed by atoms with Crippen LogP contribution in [0.3, 0.4) is 0 Å². The maximum Gasteiger partial charge on any atom is 0.180 e. The lowest BCUT2D eigenvalue weighted by Crippen LogP contribution is -2.10. The van der Waals surface area contributed by atoms with Crippen LogP contribution in [0.4, 0.5) is 0 Å². The van der Waals surface area contributed by atoms with Crippen LogP contribution in [-0.2, 0) is 12.5 Å². The first-order valence-electron chi connectivity index (χ1n) is 6.63. The largest absolute Gasteiger partial charge is 0.249 e. The summed E-state index contributed by atoms with van der Waals surface area (Å²) in [7, 11) is 1.90. The Morgan fingerprint density at radius 1 is 1.15 bits per heavy atom. The zero-order valence-corrected chi connectivity index (χ0v) is 11.8. The van der Waals surface area contributed by atoms with Crippen molar-refractivity contribution in [1.82, 2.24) is 20.0 Å². The van der Waals surface area contributed by atoms with Crippen molar-refractivity contribution in [2.24, 2.45) is 7.05 Å². The molecule has 0 unspecified atom stereocenters. The predicted molar refractivity (Wildman–Crippen MR) is 77.8 cm³/mol. The molecule has 1 aliphatic rings. The highest BCUT2D eigenvalue weighted by Gasteiger charge is 2.49. The molecule has 0 N–H and O–H groups in total. The van der Waals surface area contributed by atoms with Gasteiger partial charge in [-0.15, -0.1) is 10.2 Å². The molecule has 0 bridgehead atoms. The highest BCUT2D eigenvalue weighted by atomic mass is 35.5. The summed E-state index contributed by atoms with van der Waals surface area (Å²) >= 11 is 6.01. The van der Waals surface area contributed by atoms with Crippen LogP contribution in [0.25, 0.3) is 11.0 Å². The van der Waals surface area contributed by atoms with Gasteiger partial charge in [0, 0.05) is 17.8 Å². The van der Waals surface area contributed by atoms with Crippen molar-refractivity contribution in [2.45, 2.75) is 18.3 Å². The lowest BCUT2D eigenvalue weighted by atomic mass is 9.91. The molecule has 0 spiro atoms. The summed E-state index contributed by atoms with van der Waals surface area (Å²) < 4.78 is 1.79. The summed E-state index contributed by atoms with van der Waals surface area (Å²) in [6, 6.07) is 12.4. The van der Waals surface area contributed by atoms with Gasteiger partial charge in [-0.1, -0.05) is 41.9 Å². The van der Waals surface area contributed by atoms with E-state index in [1.54, 1.807) is 4.68 Å². The molecular formula is C15H13ClN4. The van der Waals surface area contributed by atoms with Crippen molar-refractivity contribution in [2.75, 3.05) is 0 Å². The molecule has 2 heterocycles. The number of nitrogens with zero attached hydrogens (tertiary/aromatic N) is 4. The predicted octanol–water partition coefficient (Wildman–Crippen LogP) is 3.10. The average molecular weight is 285 g/mol. The lowest BCUT2D eigenvalue weighted by molar-refractivity contribution is 0.712. The van der Waals surface area contributed by atoms with Crippen LogP contribution in [0.2, 0.25) is 5.15 Å². The minimum Gasteiger partial charge on any atom is -0.249 e. The molecule has 1 aromatic carbocycles. The first-order chi connectivity index (χ1) is 9.71. The lowest BCUT2D eigenvalue weighted by Gasteiger charge is -2.13. The molecule has 20 heavy (non-hydrogen) atoms. The molecule has 4 rings (SSSR count). The van der Waals surface area contributed by atoms with E-state index in [0.29, 0.717) is 5.15 Å². The molecule has 0 saturated heterocycles. The van der Waals surface area contributed by atoms with Crippen LogP contribution >= 0.6 is 11.6 Å². The first kappa shape index (κ1) is 11.9. The summed E-state index contributed by atoms with van der Waals surface area (Å²) in [5, 5.41) is 14.2. The summed E-state index contributed by atoms with van der Waals surface area (Å²) in [6.07, 6.45) is 2.23. The Balaban J connectivity index is 1.97. The van der Waals surface area contributed by atoms with Crippen molar-refractivity contribution in [3.63, 3.8) is 0 Å². The molecule has 0 amide bonds. The molecule has 2 aromatic heterocycles. The number of aromatic nitrogens is 4. The monoisotopic (exact) mass is 284 g/mol. The number of hydrogen-bond acceptors (Lipinski definition) is 3. The third-order valence-corrected chi connectivity index (χ3v) is 4.27. The van der Waals surface area contributed by atoms with E-state index in [0.717, 1.165) is 29.6 Å². The molecular weight excluding hydrogens is 272 g/mol. The van der Waals surface area contributed by atoms with Crippen LogP contribution in [0, 0.1) is 0 Å². The van der Waals surface area contributed by atoms with Gasteiger partial charge in [0.25, 0.3) is 0 Å². The fourth-order valence-electron chi connectivity index (χ4n) is 2.92. The van der Waals surface area contributed by atoms with Crippen LogP contribution in [0.1, 0.15) is 24.1 Å². The van der Waals surface area contributed by atoms with E-state index in [-0.39, 0.29) is 5.41 Å². The van der Waals surface area contributed by atoms with Gasteiger partial charge in [0.05, 0.1) is 5.69 Å². The maximum atomic E-state index is 6.01. The third-order valence-electron chi connectivity index (χ3n) is 4.09. The van der Waals surface area contributed by atoms with Crippen LogP contribution in [0.15, 0.2) is 36.4 Å². The molecule has 1 aliphatic carbocycles. The van der Waals surface area contributed by atoms with Gasteiger partial charge in [-0.25, -0.2) is 4.68 Å². The van der Waals surface area contributed by atoms with Crippen LogP contribution in [-0.4, -0.2) is 20.0 Å². The van der Waals surface area contributed by atoms with Crippen molar-refractivity contribution < 1.29 is 0 Å². The van der Waals surface area contributed by atoms with Gasteiger partial charge >= 0.3 is 0 Å². The molecule has 5 heteroatoms. The number of aryl methyl sites for hydroxylation is 1. The molecule has 3 aromatic rings. The standard InChI is InChI=1S/C15H13ClN4/c1-20-14-11(9-12(16)17-18-14)13(19-20)15(7-8-15)10-5-3-2-4-6-10/h2-6,9H,7-8H2,1H3. The third kappa shape index (κ3) is 1.58. The van der Waals surface area contributed by atoms with E-state index >= 15 is 0 Å². The highest BCUT2D eigenvalue weighted by molar-refractivity contribution is 6.29. The SMILES string of the molecule is Cn1nc(C2(c3ccccc3)CC2)c2cc(Cl)nnc21. The summed E-state index contributed by atoms with van der Waals surface area (Å²) in [4.78, 5) is 0. The van der Waals surface area contributed by atoms with Crippen molar-refractivity contribution >= 4 is 22.6 Å². The Morgan fingerprint density at radius 2 is 1.90 bits per heavy atom. The van der Waals surface area contributed by atoms with E-state index in [1.165, 1.54) is 5.56 Å². The first-order valence-corrected chi connectivity index (χ1v) is 7.00. The highest BCUT2D eigenvalue weighted by Crippen LogP contribution is 2.54. The Bertz CT molecular complexity index is 790. The minimum absolute atomic E-state index is 0.0210. The van der Waals surface area contributed by atoms with Crippen LogP contribution in [0.5, 0.6) is 0 Å². The Kier molecular flexibility index (Phi) is 2.39. The Hall–Kier alpha value is -1.94. The van der Waals surface area contributed by atoms with Crippen molar-refractivity contribution in [1.29, 1.82) is 0 Å². The quantitative estimate of drug-likeness (QED) is 0.726. The van der Waals surface area contributed by atoms with E-state index in [2.05, 4.69) is 34.5 Å². The second kappa shape index (κ2) is 4.03. The van der Waals surface area contributed by atoms with Crippen LogP contribution < -0.4 is 0 Å². The number of rotatable bonds is 2. The second-order valence-corrected chi connectivity index (χ2v) is 5.71. The van der Waals surface area contributed by atoms with Gasteiger partial charge in [-0.3, -0.25) is 0 Å². The number of halogens is 1. The molecule has 1 fully saturated rings. The molecule has 0 aliphatic heterocycles. The van der Waals surface area contributed by atoms with Gasteiger partial charge in [0.1, 0.15) is 0 Å². The van der Waals surface area contributed by atoms with Gasteiger partial charge < -0.3 is 0 Å². The Morgan fingerprint density at radius 3 is 2.60 bits per heavy atom. The normalized spacial score (nSPS) is 16.5. The van der Waals surface area contributed by atoms with Gasteiger partial charge in [0.2, 0.25) is 0 Å². The maximum absolute atomic E-state index is 6.01. The number of benzene rings is 1. The fourth-order valence-corrected chi connectivity index (χ4v) is 3.07. The van der Waals surface area contributed by atoms with E-state index in [1.807, 2.05) is 19.2 Å². The van der Waals surface area contributed by atoms with E-state index in [9.17, 15) is 0 Å². The zero-order chi connectivity index (χ0) is 13.7. The second-order valence-electron chi connectivity index (χ2n) is 5.32. The zero-order valence-electron chi connectivity index (χ0n) is 11.0. The van der Waals surface area contributed by atoms with Gasteiger partial charge in [-0.2, -0.15) is 5.10 Å². The number of fused-ring (bicyclic) bond motifs is 1. The molecule has 4 nitrogen and oxygen atoms in total. The number of hydrogen-bond donors (Lipinski definition) is 0. The van der Waals surface area contributed by atoms with E-state index < -0.39 is 0 Å². The minimum atomic E-state index is 0.0210. The van der Waals surface area contributed by atoms with Crippen molar-refractivity contribution in [3.8, 4) is 0 Å². The van der Waals surface area contributed by atoms with Gasteiger partial charge in [-0.05, 0) is 24.5 Å². The van der Waals surface area contributed by atoms with E-state index in [4.69, 9.17) is 16.7 Å². The molecule has 0 radical (unpaired) electrons. The summed E-state index contributed by atoms with van der Waals surface area (Å²) in [5.41, 5.74) is 3.19. The molecule has 1 saturated carbocycles. The Labute approximate surface area is 121 Å². The fraction of sp³-hybridized carbons (Fsp3) is 0.267.